The van der Waals surface area contributed by atoms with E-state index in [4.69, 9.17) is 9.47 Å². The van der Waals surface area contributed by atoms with E-state index in [-0.39, 0.29) is 11.9 Å². The summed E-state index contributed by atoms with van der Waals surface area (Å²) < 4.78 is 10.3. The van der Waals surface area contributed by atoms with Crippen LogP contribution in [0.4, 0.5) is 5.95 Å². The second kappa shape index (κ2) is 6.32. The Bertz CT molecular complexity index is 610. The molecule has 20 heavy (non-hydrogen) atoms. The van der Waals surface area contributed by atoms with Crippen LogP contribution in [0.25, 0.3) is 6.08 Å². The Balaban J connectivity index is 2.05. The molecule has 0 bridgehead atoms. The molecule has 8 heteroatoms. The lowest BCUT2D eigenvalue weighted by Gasteiger charge is -2.07. The average molecular weight is 275 g/mol. The number of hydrogen-bond acceptors (Lipinski definition) is 6. The molecular weight excluding hydrogens is 262 g/mol. The predicted molar refractivity (Wildman–Crippen MR) is 71.4 cm³/mol. The number of nitrogens with one attached hydrogen (secondary N) is 2. The molecule has 1 aromatic heterocycles. The summed E-state index contributed by atoms with van der Waals surface area (Å²) in [7, 11) is 3.11. The van der Waals surface area contributed by atoms with Crippen molar-refractivity contribution >= 4 is 17.9 Å². The number of rotatable bonds is 5. The van der Waals surface area contributed by atoms with Gasteiger partial charge >= 0.3 is 0 Å². The van der Waals surface area contributed by atoms with Crippen molar-refractivity contribution < 1.29 is 14.3 Å². The standard InChI is InChI=1S/C12H13N5O3/c1-19-9-5-3-8(7-10(9)20-2)4-6-11(18)13-12-14-16-17-15-12/h3-7H,1-2H3,(H2,13,14,15,16,17,18)/b6-4+. The molecule has 0 aliphatic carbocycles. The zero-order valence-electron chi connectivity index (χ0n) is 11.0. The van der Waals surface area contributed by atoms with Gasteiger partial charge < -0.3 is 9.47 Å². The Labute approximate surface area is 114 Å². The van der Waals surface area contributed by atoms with E-state index in [0.717, 1.165) is 5.56 Å². The Morgan fingerprint density at radius 3 is 2.75 bits per heavy atom. The van der Waals surface area contributed by atoms with Gasteiger partial charge in [0, 0.05) is 6.08 Å². The normalized spacial score (nSPS) is 10.5. The van der Waals surface area contributed by atoms with Crippen molar-refractivity contribution in [3.8, 4) is 11.5 Å². The minimum atomic E-state index is -0.360. The molecule has 0 aliphatic heterocycles. The summed E-state index contributed by atoms with van der Waals surface area (Å²) in [6, 6.07) is 5.33. The fraction of sp³-hybridized carbons (Fsp3) is 0.167. The highest BCUT2D eigenvalue weighted by Gasteiger charge is 2.04. The molecule has 0 fully saturated rings. The Hall–Kier alpha value is -2.90. The molecule has 0 aliphatic rings. The van der Waals surface area contributed by atoms with Crippen LogP contribution in [0.5, 0.6) is 11.5 Å². The molecule has 0 saturated carbocycles. The maximum absolute atomic E-state index is 11.6. The summed E-state index contributed by atoms with van der Waals surface area (Å²) >= 11 is 0. The van der Waals surface area contributed by atoms with Gasteiger partial charge in [-0.1, -0.05) is 11.2 Å². The quantitative estimate of drug-likeness (QED) is 0.785. The number of carbonyl (C=O) groups excluding carboxylic acids is 1. The maximum atomic E-state index is 11.6. The highest BCUT2D eigenvalue weighted by molar-refractivity contribution is 6.00. The van der Waals surface area contributed by atoms with Crippen LogP contribution in [-0.4, -0.2) is 40.8 Å². The van der Waals surface area contributed by atoms with Gasteiger partial charge in [0.15, 0.2) is 11.5 Å². The summed E-state index contributed by atoms with van der Waals surface area (Å²) in [4.78, 5) is 11.6. The van der Waals surface area contributed by atoms with Crippen molar-refractivity contribution in [3.05, 3.63) is 29.8 Å². The zero-order chi connectivity index (χ0) is 14.4. The lowest BCUT2D eigenvalue weighted by molar-refractivity contribution is -0.111. The van der Waals surface area contributed by atoms with E-state index in [1.165, 1.54) is 6.08 Å². The Kier molecular flexibility index (Phi) is 4.28. The number of benzene rings is 1. The number of nitrogens with zero attached hydrogens (tertiary/aromatic N) is 3. The number of tetrazole rings is 1. The van der Waals surface area contributed by atoms with Crippen LogP contribution in [0.15, 0.2) is 24.3 Å². The number of aromatic amines is 1. The first-order valence-corrected chi connectivity index (χ1v) is 5.67. The second-order valence-electron chi connectivity index (χ2n) is 3.67. The molecule has 0 unspecified atom stereocenters. The van der Waals surface area contributed by atoms with Crippen molar-refractivity contribution in [2.75, 3.05) is 19.5 Å². The summed E-state index contributed by atoms with van der Waals surface area (Å²) in [6.07, 6.45) is 3.00. The van der Waals surface area contributed by atoms with Crippen LogP contribution in [0, 0.1) is 0 Å². The molecule has 0 radical (unpaired) electrons. The molecule has 1 aromatic carbocycles. The van der Waals surface area contributed by atoms with Crippen LogP contribution in [0.3, 0.4) is 0 Å². The number of aromatic nitrogens is 4. The first-order chi connectivity index (χ1) is 9.72. The third kappa shape index (κ3) is 3.31. The van der Waals surface area contributed by atoms with Gasteiger partial charge in [0.1, 0.15) is 0 Å². The molecule has 104 valence electrons. The minimum Gasteiger partial charge on any atom is -0.493 e. The molecule has 2 N–H and O–H groups in total. The first-order valence-electron chi connectivity index (χ1n) is 5.67. The highest BCUT2D eigenvalue weighted by atomic mass is 16.5. The van der Waals surface area contributed by atoms with E-state index in [9.17, 15) is 4.79 Å². The molecule has 1 heterocycles. The zero-order valence-corrected chi connectivity index (χ0v) is 11.0. The molecule has 8 nitrogen and oxygen atoms in total. The van der Waals surface area contributed by atoms with Gasteiger partial charge in [-0.15, -0.1) is 5.10 Å². The summed E-state index contributed by atoms with van der Waals surface area (Å²) in [5.74, 6) is 0.974. The number of carbonyl (C=O) groups is 1. The van der Waals surface area contributed by atoms with E-state index >= 15 is 0 Å². The number of methoxy groups -OCH3 is 2. The lowest BCUT2D eigenvalue weighted by Crippen LogP contribution is -2.09. The topological polar surface area (TPSA) is 102 Å². The van der Waals surface area contributed by atoms with Crippen LogP contribution in [-0.2, 0) is 4.79 Å². The lowest BCUT2D eigenvalue weighted by atomic mass is 10.2. The fourth-order valence-corrected chi connectivity index (χ4v) is 1.50. The van der Waals surface area contributed by atoms with Gasteiger partial charge in [0.05, 0.1) is 14.2 Å². The number of amides is 1. The fourth-order valence-electron chi connectivity index (χ4n) is 1.50. The van der Waals surface area contributed by atoms with Gasteiger partial charge in [-0.3, -0.25) is 10.1 Å². The van der Waals surface area contributed by atoms with Gasteiger partial charge in [0.25, 0.3) is 11.9 Å². The molecule has 1 amide bonds. The van der Waals surface area contributed by atoms with Crippen molar-refractivity contribution in [2.45, 2.75) is 0 Å². The van der Waals surface area contributed by atoms with E-state index in [0.29, 0.717) is 11.5 Å². The van der Waals surface area contributed by atoms with Gasteiger partial charge in [-0.05, 0) is 29.0 Å². The summed E-state index contributed by atoms with van der Waals surface area (Å²) in [6.45, 7) is 0. The van der Waals surface area contributed by atoms with E-state index in [1.807, 2.05) is 0 Å². The molecule has 0 atom stereocenters. The molecular formula is C12H13N5O3. The van der Waals surface area contributed by atoms with E-state index in [1.54, 1.807) is 38.5 Å². The van der Waals surface area contributed by atoms with Crippen LogP contribution < -0.4 is 14.8 Å². The Morgan fingerprint density at radius 1 is 1.30 bits per heavy atom. The number of ether oxygens (including phenoxy) is 2. The Morgan fingerprint density at radius 2 is 2.10 bits per heavy atom. The molecule has 2 aromatic rings. The third-order valence-electron chi connectivity index (χ3n) is 2.42. The largest absolute Gasteiger partial charge is 0.493 e. The van der Waals surface area contributed by atoms with Crippen molar-refractivity contribution in [3.63, 3.8) is 0 Å². The predicted octanol–water partition coefficient (Wildman–Crippen LogP) is 0.869. The van der Waals surface area contributed by atoms with Crippen LogP contribution in [0.2, 0.25) is 0 Å². The van der Waals surface area contributed by atoms with Crippen molar-refractivity contribution in [2.24, 2.45) is 0 Å². The van der Waals surface area contributed by atoms with E-state index in [2.05, 4.69) is 25.9 Å². The first kappa shape index (κ1) is 13.5. The maximum Gasteiger partial charge on any atom is 0.270 e. The highest BCUT2D eigenvalue weighted by Crippen LogP contribution is 2.27. The van der Waals surface area contributed by atoms with Gasteiger partial charge in [-0.2, -0.15) is 5.21 Å². The van der Waals surface area contributed by atoms with Crippen molar-refractivity contribution in [1.29, 1.82) is 0 Å². The second-order valence-corrected chi connectivity index (χ2v) is 3.67. The number of hydrogen-bond donors (Lipinski definition) is 2. The van der Waals surface area contributed by atoms with Gasteiger partial charge in [-0.25, -0.2) is 0 Å². The average Bonchev–Trinajstić information content (AvgIpc) is 2.97. The van der Waals surface area contributed by atoms with Crippen LogP contribution in [0.1, 0.15) is 5.56 Å². The smallest absolute Gasteiger partial charge is 0.270 e. The molecule has 2 rings (SSSR count). The van der Waals surface area contributed by atoms with Crippen LogP contribution >= 0.6 is 0 Å². The van der Waals surface area contributed by atoms with E-state index < -0.39 is 0 Å². The number of H-pyrrole nitrogens is 1. The summed E-state index contributed by atoms with van der Waals surface area (Å²) in [5.41, 5.74) is 0.797. The minimum absolute atomic E-state index is 0.118. The van der Waals surface area contributed by atoms with Crippen molar-refractivity contribution in [1.82, 2.24) is 20.6 Å². The molecule has 0 spiro atoms. The summed E-state index contributed by atoms with van der Waals surface area (Å²) in [5, 5.41) is 15.2. The molecule has 0 saturated heterocycles. The number of anilines is 1. The third-order valence-corrected chi connectivity index (χ3v) is 2.42. The van der Waals surface area contributed by atoms with Gasteiger partial charge in [0.2, 0.25) is 0 Å². The SMILES string of the molecule is COc1ccc(/C=C/C(=O)Nc2nn[nH]n2)cc1OC. The monoisotopic (exact) mass is 275 g/mol.